The molecule has 0 aliphatic heterocycles. The molecular weight excluding hydrogens is 286 g/mol. The summed E-state index contributed by atoms with van der Waals surface area (Å²) in [5.41, 5.74) is 5.95. The van der Waals surface area contributed by atoms with Crippen molar-refractivity contribution in [2.45, 2.75) is 26.7 Å². The minimum atomic E-state index is 0.0695. The fraction of sp³-hybridized carbons (Fsp3) is 0.316. The van der Waals surface area contributed by atoms with Gasteiger partial charge in [-0.3, -0.25) is 4.79 Å². The zero-order chi connectivity index (χ0) is 16.4. The Balaban J connectivity index is 1.56. The normalized spacial score (nSPS) is 11.1. The number of hydrogen-bond acceptors (Lipinski definition) is 1. The first kappa shape index (κ1) is 15.4. The third-order valence-electron chi connectivity index (χ3n) is 4.62. The van der Waals surface area contributed by atoms with E-state index in [-0.39, 0.29) is 5.91 Å². The average Bonchev–Trinajstić information content (AvgIpc) is 3.05. The van der Waals surface area contributed by atoms with Gasteiger partial charge in [0.2, 0.25) is 5.91 Å². The van der Waals surface area contributed by atoms with E-state index in [0.717, 1.165) is 22.9 Å². The Hall–Kier alpha value is -2.49. The van der Waals surface area contributed by atoms with Gasteiger partial charge >= 0.3 is 0 Å². The third-order valence-corrected chi connectivity index (χ3v) is 4.62. The molecule has 0 aliphatic rings. The first-order valence-electron chi connectivity index (χ1n) is 7.99. The number of nitrogens with zero attached hydrogens (tertiary/aromatic N) is 1. The van der Waals surface area contributed by atoms with Gasteiger partial charge in [-0.05, 0) is 43.5 Å². The number of hydrogen-bond donors (Lipinski definition) is 2. The smallest absolute Gasteiger partial charge is 0.224 e. The Morgan fingerprint density at radius 2 is 2.00 bits per heavy atom. The maximum absolute atomic E-state index is 12.2. The largest absolute Gasteiger partial charge is 0.361 e. The molecule has 0 atom stereocenters. The standard InChI is InChI=1S/C19H23N3O/c1-13-10-15(14(2)22(13)3)8-9-20-19(23)11-16-12-21-18-7-5-4-6-17(16)18/h4-7,10,12,21H,8-9,11H2,1-3H3,(H,20,23). The van der Waals surface area contributed by atoms with Crippen LogP contribution in [0.2, 0.25) is 0 Å². The lowest BCUT2D eigenvalue weighted by molar-refractivity contribution is -0.120. The maximum atomic E-state index is 12.2. The predicted molar refractivity (Wildman–Crippen MR) is 93.6 cm³/mol. The van der Waals surface area contributed by atoms with Crippen LogP contribution in [-0.2, 0) is 24.7 Å². The molecule has 4 heteroatoms. The molecule has 0 aliphatic carbocycles. The molecular formula is C19H23N3O. The molecule has 0 fully saturated rings. The minimum Gasteiger partial charge on any atom is -0.361 e. The van der Waals surface area contributed by atoms with E-state index >= 15 is 0 Å². The Kier molecular flexibility index (Phi) is 4.24. The molecule has 0 saturated heterocycles. The van der Waals surface area contributed by atoms with E-state index in [1.807, 2.05) is 30.5 Å². The molecule has 2 heterocycles. The van der Waals surface area contributed by atoms with Crippen LogP contribution in [0.5, 0.6) is 0 Å². The molecule has 3 rings (SSSR count). The lowest BCUT2D eigenvalue weighted by Crippen LogP contribution is -2.27. The first-order valence-corrected chi connectivity index (χ1v) is 7.99. The molecule has 4 nitrogen and oxygen atoms in total. The van der Waals surface area contributed by atoms with E-state index in [1.165, 1.54) is 17.0 Å². The van der Waals surface area contributed by atoms with E-state index in [9.17, 15) is 4.79 Å². The molecule has 1 aromatic carbocycles. The molecule has 0 bridgehead atoms. The van der Waals surface area contributed by atoms with Gasteiger partial charge in [-0.25, -0.2) is 0 Å². The lowest BCUT2D eigenvalue weighted by atomic mass is 10.1. The number of fused-ring (bicyclic) bond motifs is 1. The molecule has 2 N–H and O–H groups in total. The van der Waals surface area contributed by atoms with Gasteiger partial charge in [-0.1, -0.05) is 18.2 Å². The summed E-state index contributed by atoms with van der Waals surface area (Å²) in [5, 5.41) is 4.15. The van der Waals surface area contributed by atoms with Gasteiger partial charge in [0.1, 0.15) is 0 Å². The quantitative estimate of drug-likeness (QED) is 0.748. The van der Waals surface area contributed by atoms with Crippen LogP contribution in [0.4, 0.5) is 0 Å². The molecule has 23 heavy (non-hydrogen) atoms. The number of rotatable bonds is 5. The van der Waals surface area contributed by atoms with Gasteiger partial charge in [0.15, 0.2) is 0 Å². The number of nitrogens with one attached hydrogen (secondary N) is 2. The summed E-state index contributed by atoms with van der Waals surface area (Å²) in [6.07, 6.45) is 3.21. The number of para-hydroxylation sites is 1. The van der Waals surface area contributed by atoms with Crippen LogP contribution < -0.4 is 5.32 Å². The second-order valence-electron chi connectivity index (χ2n) is 6.09. The maximum Gasteiger partial charge on any atom is 0.224 e. The Labute approximate surface area is 136 Å². The van der Waals surface area contributed by atoms with Crippen molar-refractivity contribution in [3.8, 4) is 0 Å². The highest BCUT2D eigenvalue weighted by molar-refractivity contribution is 5.88. The Bertz CT molecular complexity index is 842. The van der Waals surface area contributed by atoms with Crippen LogP contribution >= 0.6 is 0 Å². The fourth-order valence-electron chi connectivity index (χ4n) is 3.04. The molecule has 2 aromatic heterocycles. The molecule has 3 aromatic rings. The van der Waals surface area contributed by atoms with Crippen molar-refractivity contribution in [2.75, 3.05) is 6.54 Å². The summed E-state index contributed by atoms with van der Waals surface area (Å²) in [7, 11) is 2.07. The average molecular weight is 309 g/mol. The van der Waals surface area contributed by atoms with E-state index in [0.29, 0.717) is 13.0 Å². The van der Waals surface area contributed by atoms with Crippen LogP contribution in [0.1, 0.15) is 22.5 Å². The zero-order valence-electron chi connectivity index (χ0n) is 13.9. The van der Waals surface area contributed by atoms with Crippen LogP contribution in [0.15, 0.2) is 36.5 Å². The van der Waals surface area contributed by atoms with Crippen molar-refractivity contribution in [1.82, 2.24) is 14.9 Å². The number of carbonyl (C=O) groups excluding carboxylic acids is 1. The molecule has 0 spiro atoms. The second kappa shape index (κ2) is 6.32. The van der Waals surface area contributed by atoms with Crippen LogP contribution in [0.3, 0.4) is 0 Å². The SMILES string of the molecule is Cc1cc(CCNC(=O)Cc2c[nH]c3ccccc23)c(C)n1C. The number of carbonyl (C=O) groups is 1. The van der Waals surface area contributed by atoms with Gasteiger partial charge in [0.05, 0.1) is 6.42 Å². The summed E-state index contributed by atoms with van der Waals surface area (Å²) >= 11 is 0. The van der Waals surface area contributed by atoms with Crippen molar-refractivity contribution in [3.05, 3.63) is 59.0 Å². The number of aryl methyl sites for hydroxylation is 1. The van der Waals surface area contributed by atoms with E-state index in [4.69, 9.17) is 0 Å². The molecule has 120 valence electrons. The molecule has 1 amide bonds. The minimum absolute atomic E-state index is 0.0695. The third kappa shape index (κ3) is 3.16. The highest BCUT2D eigenvalue weighted by Crippen LogP contribution is 2.18. The fourth-order valence-corrected chi connectivity index (χ4v) is 3.04. The molecule has 0 radical (unpaired) electrons. The summed E-state index contributed by atoms with van der Waals surface area (Å²) in [4.78, 5) is 15.4. The highest BCUT2D eigenvalue weighted by Gasteiger charge is 2.09. The number of H-pyrrole nitrogens is 1. The van der Waals surface area contributed by atoms with Crippen molar-refractivity contribution >= 4 is 16.8 Å². The number of aromatic nitrogens is 2. The van der Waals surface area contributed by atoms with Gasteiger partial charge in [-0.15, -0.1) is 0 Å². The molecule has 0 unspecified atom stereocenters. The highest BCUT2D eigenvalue weighted by atomic mass is 16.1. The van der Waals surface area contributed by atoms with Crippen LogP contribution in [-0.4, -0.2) is 22.0 Å². The summed E-state index contributed by atoms with van der Waals surface area (Å²) in [6, 6.07) is 10.3. The Morgan fingerprint density at radius 1 is 1.22 bits per heavy atom. The van der Waals surface area contributed by atoms with Crippen molar-refractivity contribution < 1.29 is 4.79 Å². The van der Waals surface area contributed by atoms with Gasteiger partial charge < -0.3 is 14.9 Å². The van der Waals surface area contributed by atoms with Crippen LogP contribution in [0.25, 0.3) is 10.9 Å². The van der Waals surface area contributed by atoms with E-state index < -0.39 is 0 Å². The number of amides is 1. The van der Waals surface area contributed by atoms with Crippen molar-refractivity contribution in [2.24, 2.45) is 7.05 Å². The Morgan fingerprint density at radius 3 is 2.74 bits per heavy atom. The van der Waals surface area contributed by atoms with Crippen LogP contribution in [0, 0.1) is 13.8 Å². The summed E-state index contributed by atoms with van der Waals surface area (Å²) in [6.45, 7) is 4.90. The second-order valence-corrected chi connectivity index (χ2v) is 6.09. The first-order chi connectivity index (χ1) is 11.1. The number of aromatic amines is 1. The van der Waals surface area contributed by atoms with Gasteiger partial charge in [-0.2, -0.15) is 0 Å². The van der Waals surface area contributed by atoms with Crippen molar-refractivity contribution in [1.29, 1.82) is 0 Å². The number of benzene rings is 1. The van der Waals surface area contributed by atoms with E-state index in [1.54, 1.807) is 0 Å². The van der Waals surface area contributed by atoms with Crippen molar-refractivity contribution in [3.63, 3.8) is 0 Å². The monoisotopic (exact) mass is 309 g/mol. The zero-order valence-corrected chi connectivity index (χ0v) is 13.9. The van der Waals surface area contributed by atoms with E-state index in [2.05, 4.69) is 41.8 Å². The summed E-state index contributed by atoms with van der Waals surface area (Å²) < 4.78 is 2.18. The molecule has 0 saturated carbocycles. The topological polar surface area (TPSA) is 49.8 Å². The predicted octanol–water partition coefficient (Wildman–Crippen LogP) is 3.02. The van der Waals surface area contributed by atoms with Gasteiger partial charge in [0, 0.05) is 42.1 Å². The lowest BCUT2D eigenvalue weighted by Gasteiger charge is -2.06. The summed E-state index contributed by atoms with van der Waals surface area (Å²) in [5.74, 6) is 0.0695. The van der Waals surface area contributed by atoms with Gasteiger partial charge in [0.25, 0.3) is 0 Å².